The van der Waals surface area contributed by atoms with Gasteiger partial charge in [-0.05, 0) is 32.7 Å². The van der Waals surface area contributed by atoms with Crippen molar-refractivity contribution in [3.05, 3.63) is 0 Å². The number of rotatable bonds is 2. The van der Waals surface area contributed by atoms with Gasteiger partial charge in [-0.3, -0.25) is 0 Å². The Balaban J connectivity index is 1.85. The average Bonchev–Trinajstić information content (AvgIpc) is 2.41. The van der Waals surface area contributed by atoms with Gasteiger partial charge in [0, 0.05) is 25.2 Å². The summed E-state index contributed by atoms with van der Waals surface area (Å²) in [7, 11) is 2.09. The molecule has 1 unspecified atom stereocenters. The van der Waals surface area contributed by atoms with E-state index < -0.39 is 0 Å². The lowest BCUT2D eigenvalue weighted by atomic mass is 10.3. The summed E-state index contributed by atoms with van der Waals surface area (Å²) in [5.41, 5.74) is 0. The minimum atomic E-state index is 0.750. The first-order chi connectivity index (χ1) is 5.24. The molecule has 1 aliphatic carbocycles. The first kappa shape index (κ1) is 7.56. The van der Waals surface area contributed by atoms with Crippen molar-refractivity contribution < 1.29 is 0 Å². The van der Waals surface area contributed by atoms with Crippen molar-refractivity contribution in [3.8, 4) is 0 Å². The first-order valence-electron chi connectivity index (χ1n) is 4.65. The van der Waals surface area contributed by atoms with Gasteiger partial charge in [-0.15, -0.1) is 0 Å². The highest BCUT2D eigenvalue weighted by Gasteiger charge is 2.54. The van der Waals surface area contributed by atoms with E-state index in [0.717, 1.165) is 23.9 Å². The van der Waals surface area contributed by atoms with Crippen LogP contribution in [0.4, 0.5) is 0 Å². The van der Waals surface area contributed by atoms with E-state index in [-0.39, 0.29) is 0 Å². The molecule has 2 rings (SSSR count). The van der Waals surface area contributed by atoms with Crippen LogP contribution in [0.5, 0.6) is 0 Å². The molecule has 0 bridgehead atoms. The average molecular weight is 154 g/mol. The van der Waals surface area contributed by atoms with Crippen LogP contribution in [0.3, 0.4) is 0 Å². The number of likely N-dealkylation sites (tertiary alicyclic amines) is 1. The van der Waals surface area contributed by atoms with Crippen LogP contribution in [-0.2, 0) is 0 Å². The quantitative estimate of drug-likeness (QED) is 0.624. The maximum absolute atomic E-state index is 3.37. The lowest BCUT2D eigenvalue weighted by molar-refractivity contribution is 0.239. The number of hydrogen-bond donors (Lipinski definition) is 1. The molecule has 0 aromatic rings. The molecule has 0 spiro atoms. The summed E-state index contributed by atoms with van der Waals surface area (Å²) in [6.07, 6.45) is 0. The second kappa shape index (κ2) is 2.46. The minimum Gasteiger partial charge on any atom is -0.316 e. The third-order valence-corrected chi connectivity index (χ3v) is 3.29. The zero-order chi connectivity index (χ0) is 8.01. The number of nitrogens with one attached hydrogen (secondary N) is 1. The van der Waals surface area contributed by atoms with Crippen molar-refractivity contribution in [2.24, 2.45) is 11.8 Å². The van der Waals surface area contributed by atoms with Crippen LogP contribution in [0.25, 0.3) is 0 Å². The highest BCUT2D eigenvalue weighted by Crippen LogP contribution is 2.45. The largest absolute Gasteiger partial charge is 0.316 e. The molecule has 1 N–H and O–H groups in total. The Morgan fingerprint density at radius 3 is 2.18 bits per heavy atom. The van der Waals surface area contributed by atoms with Crippen LogP contribution < -0.4 is 5.32 Å². The summed E-state index contributed by atoms with van der Waals surface area (Å²) in [6.45, 7) is 7.24. The highest BCUT2D eigenvalue weighted by atomic mass is 15.2. The van der Waals surface area contributed by atoms with E-state index in [2.05, 4.69) is 31.1 Å². The van der Waals surface area contributed by atoms with Crippen molar-refractivity contribution in [2.45, 2.75) is 25.9 Å². The predicted molar refractivity (Wildman–Crippen MR) is 46.5 cm³/mol. The molecule has 3 atom stereocenters. The molecule has 1 saturated carbocycles. The summed E-state index contributed by atoms with van der Waals surface area (Å²) >= 11 is 0. The zero-order valence-corrected chi connectivity index (χ0v) is 7.67. The van der Waals surface area contributed by atoms with Crippen LogP contribution in [0.1, 0.15) is 13.8 Å². The Morgan fingerprint density at radius 2 is 1.82 bits per heavy atom. The van der Waals surface area contributed by atoms with Crippen LogP contribution in [0.2, 0.25) is 0 Å². The summed E-state index contributed by atoms with van der Waals surface area (Å²) in [5, 5.41) is 3.37. The maximum atomic E-state index is 3.37. The summed E-state index contributed by atoms with van der Waals surface area (Å²) < 4.78 is 0. The molecular weight excluding hydrogens is 136 g/mol. The lowest BCUT2D eigenvalue weighted by Gasteiger charge is -2.23. The molecule has 2 fully saturated rings. The molecule has 64 valence electrons. The van der Waals surface area contributed by atoms with Crippen molar-refractivity contribution in [2.75, 3.05) is 20.1 Å². The van der Waals surface area contributed by atoms with Crippen LogP contribution in [-0.4, -0.2) is 37.1 Å². The van der Waals surface area contributed by atoms with E-state index in [1.54, 1.807) is 0 Å². The van der Waals surface area contributed by atoms with Gasteiger partial charge in [0.25, 0.3) is 0 Å². The normalized spacial score (nSPS) is 43.1. The standard InChI is InChI=1S/C9H18N2/c1-6(2)11-4-7-8(5-11)9(7)10-3/h6-10H,4-5H2,1-3H3/t7-,8+,9?. The van der Waals surface area contributed by atoms with Gasteiger partial charge in [0.15, 0.2) is 0 Å². The molecule has 0 amide bonds. The highest BCUT2D eigenvalue weighted by molar-refractivity contribution is 5.09. The second-order valence-corrected chi connectivity index (χ2v) is 4.19. The van der Waals surface area contributed by atoms with E-state index >= 15 is 0 Å². The minimum absolute atomic E-state index is 0.750. The smallest absolute Gasteiger partial charge is 0.0152 e. The van der Waals surface area contributed by atoms with Crippen LogP contribution >= 0.6 is 0 Å². The number of hydrogen-bond acceptors (Lipinski definition) is 2. The Labute approximate surface area is 69.0 Å². The molecule has 2 aliphatic rings. The topological polar surface area (TPSA) is 15.3 Å². The molecule has 1 heterocycles. The van der Waals surface area contributed by atoms with E-state index in [4.69, 9.17) is 0 Å². The maximum Gasteiger partial charge on any atom is 0.0152 e. The Hall–Kier alpha value is -0.0800. The Kier molecular flexibility index (Phi) is 1.69. The molecule has 0 aromatic heterocycles. The van der Waals surface area contributed by atoms with Gasteiger partial charge in [-0.1, -0.05) is 0 Å². The fourth-order valence-corrected chi connectivity index (χ4v) is 2.41. The number of piperidine rings is 1. The Bertz CT molecular complexity index is 144. The van der Waals surface area contributed by atoms with Gasteiger partial charge in [0.2, 0.25) is 0 Å². The molecule has 2 heteroatoms. The monoisotopic (exact) mass is 154 g/mol. The second-order valence-electron chi connectivity index (χ2n) is 4.19. The van der Waals surface area contributed by atoms with Gasteiger partial charge in [0.1, 0.15) is 0 Å². The Morgan fingerprint density at radius 1 is 1.27 bits per heavy atom. The van der Waals surface area contributed by atoms with E-state index in [1.165, 1.54) is 13.1 Å². The number of fused-ring (bicyclic) bond motifs is 1. The van der Waals surface area contributed by atoms with E-state index in [0.29, 0.717) is 0 Å². The molecule has 1 saturated heterocycles. The SMILES string of the molecule is CNC1[C@H]2CN(C(C)C)C[C@@H]12. The van der Waals surface area contributed by atoms with Crippen molar-refractivity contribution in [3.63, 3.8) is 0 Å². The number of nitrogens with zero attached hydrogens (tertiary/aromatic N) is 1. The van der Waals surface area contributed by atoms with E-state index in [1.807, 2.05) is 0 Å². The van der Waals surface area contributed by atoms with Crippen molar-refractivity contribution >= 4 is 0 Å². The van der Waals surface area contributed by atoms with Gasteiger partial charge in [0.05, 0.1) is 0 Å². The fraction of sp³-hybridized carbons (Fsp3) is 1.00. The summed E-state index contributed by atoms with van der Waals surface area (Å²) in [6, 6.07) is 1.60. The summed E-state index contributed by atoms with van der Waals surface area (Å²) in [4.78, 5) is 2.59. The third-order valence-electron chi connectivity index (χ3n) is 3.29. The molecule has 0 aromatic carbocycles. The first-order valence-corrected chi connectivity index (χ1v) is 4.65. The molecule has 0 radical (unpaired) electrons. The van der Waals surface area contributed by atoms with Crippen molar-refractivity contribution in [1.82, 2.24) is 10.2 Å². The van der Waals surface area contributed by atoms with Gasteiger partial charge >= 0.3 is 0 Å². The van der Waals surface area contributed by atoms with Crippen LogP contribution in [0, 0.1) is 11.8 Å². The zero-order valence-electron chi connectivity index (χ0n) is 7.67. The van der Waals surface area contributed by atoms with Gasteiger partial charge in [-0.25, -0.2) is 0 Å². The third kappa shape index (κ3) is 1.09. The van der Waals surface area contributed by atoms with Gasteiger partial charge < -0.3 is 10.2 Å². The molecule has 2 nitrogen and oxygen atoms in total. The molecule has 1 aliphatic heterocycles. The predicted octanol–water partition coefficient (Wildman–Crippen LogP) is 0.544. The lowest BCUT2D eigenvalue weighted by Crippen LogP contribution is -2.34. The molecular formula is C9H18N2. The summed E-state index contributed by atoms with van der Waals surface area (Å²) in [5.74, 6) is 1.95. The fourth-order valence-electron chi connectivity index (χ4n) is 2.41. The van der Waals surface area contributed by atoms with Gasteiger partial charge in [-0.2, -0.15) is 0 Å². The van der Waals surface area contributed by atoms with E-state index in [9.17, 15) is 0 Å². The molecule has 11 heavy (non-hydrogen) atoms. The van der Waals surface area contributed by atoms with Crippen LogP contribution in [0.15, 0.2) is 0 Å². The van der Waals surface area contributed by atoms with Crippen molar-refractivity contribution in [1.29, 1.82) is 0 Å².